The van der Waals surface area contributed by atoms with Crippen LogP contribution in [0.5, 0.6) is 0 Å². The Morgan fingerprint density at radius 1 is 1.19 bits per heavy atom. The summed E-state index contributed by atoms with van der Waals surface area (Å²) < 4.78 is 26.7. The molecule has 0 aromatic heterocycles. The first kappa shape index (κ1) is 15.8. The molecular formula is C15H17ClN2O2S. The van der Waals surface area contributed by atoms with Crippen LogP contribution in [0.4, 0.5) is 5.69 Å². The van der Waals surface area contributed by atoms with E-state index in [9.17, 15) is 8.42 Å². The second kappa shape index (κ2) is 6.05. The number of rotatable bonds is 4. The van der Waals surface area contributed by atoms with Crippen molar-refractivity contribution in [3.8, 4) is 0 Å². The second-order valence-corrected chi connectivity index (χ2v) is 7.09. The molecule has 0 saturated heterocycles. The number of hydrogen-bond acceptors (Lipinski definition) is 3. The minimum absolute atomic E-state index is 0.179. The Hall–Kier alpha value is -1.56. The predicted octanol–water partition coefficient (Wildman–Crippen LogP) is 2.93. The standard InChI is InChI=1S/C15H17ClN2O2S/c1-11-5-3-4-6-15(11)18(2)21(19,20)13-7-8-14(16)12(9-13)10-17/h3-9H,10,17H2,1-2H3. The normalized spacial score (nSPS) is 11.4. The highest BCUT2D eigenvalue weighted by Crippen LogP contribution is 2.27. The molecule has 0 amide bonds. The van der Waals surface area contributed by atoms with E-state index < -0.39 is 10.0 Å². The first-order chi connectivity index (χ1) is 9.87. The Morgan fingerprint density at radius 2 is 1.86 bits per heavy atom. The lowest BCUT2D eigenvalue weighted by atomic mass is 10.2. The zero-order valence-electron chi connectivity index (χ0n) is 11.9. The van der Waals surface area contributed by atoms with Crippen LogP contribution in [-0.2, 0) is 16.6 Å². The summed E-state index contributed by atoms with van der Waals surface area (Å²) in [4.78, 5) is 0.179. The quantitative estimate of drug-likeness (QED) is 0.940. The Morgan fingerprint density at radius 3 is 2.48 bits per heavy atom. The zero-order chi connectivity index (χ0) is 15.6. The molecule has 0 aliphatic carbocycles. The van der Waals surface area contributed by atoms with Gasteiger partial charge in [0, 0.05) is 18.6 Å². The Kier molecular flexibility index (Phi) is 4.56. The van der Waals surface area contributed by atoms with Crippen molar-refractivity contribution in [1.29, 1.82) is 0 Å². The fraction of sp³-hybridized carbons (Fsp3) is 0.200. The third kappa shape index (κ3) is 3.05. The molecule has 2 aromatic rings. The van der Waals surface area contributed by atoms with Gasteiger partial charge in [-0.05, 0) is 42.3 Å². The van der Waals surface area contributed by atoms with Crippen LogP contribution in [0.2, 0.25) is 5.02 Å². The first-order valence-corrected chi connectivity index (χ1v) is 8.23. The SMILES string of the molecule is Cc1ccccc1N(C)S(=O)(=O)c1ccc(Cl)c(CN)c1. The smallest absolute Gasteiger partial charge is 0.264 e. The summed E-state index contributed by atoms with van der Waals surface area (Å²) in [6.45, 7) is 2.06. The summed E-state index contributed by atoms with van der Waals surface area (Å²) in [5.74, 6) is 0. The van der Waals surface area contributed by atoms with Gasteiger partial charge in [-0.25, -0.2) is 8.42 Å². The average molecular weight is 325 g/mol. The Balaban J connectivity index is 2.49. The Bertz CT molecular complexity index is 760. The number of sulfonamides is 1. The van der Waals surface area contributed by atoms with Crippen LogP contribution in [0.1, 0.15) is 11.1 Å². The molecule has 0 aliphatic rings. The fourth-order valence-corrected chi connectivity index (χ4v) is 3.58. The predicted molar refractivity (Wildman–Crippen MR) is 86.1 cm³/mol. The summed E-state index contributed by atoms with van der Waals surface area (Å²) in [7, 11) is -2.11. The van der Waals surface area contributed by atoms with Crippen molar-refractivity contribution in [3.63, 3.8) is 0 Å². The second-order valence-electron chi connectivity index (χ2n) is 4.72. The van der Waals surface area contributed by atoms with Gasteiger partial charge in [-0.3, -0.25) is 4.31 Å². The van der Waals surface area contributed by atoms with E-state index in [1.54, 1.807) is 12.1 Å². The third-order valence-corrected chi connectivity index (χ3v) is 5.49. The molecule has 0 fully saturated rings. The van der Waals surface area contributed by atoms with Gasteiger partial charge in [0.2, 0.25) is 0 Å². The van der Waals surface area contributed by atoms with Crippen molar-refractivity contribution < 1.29 is 8.42 Å². The molecule has 2 aromatic carbocycles. The van der Waals surface area contributed by atoms with Gasteiger partial charge < -0.3 is 5.73 Å². The number of aryl methyl sites for hydroxylation is 1. The van der Waals surface area contributed by atoms with Gasteiger partial charge in [0.1, 0.15) is 0 Å². The number of nitrogens with two attached hydrogens (primary N) is 1. The maximum Gasteiger partial charge on any atom is 0.264 e. The minimum atomic E-state index is -3.64. The van der Waals surface area contributed by atoms with Gasteiger partial charge in [0.05, 0.1) is 10.6 Å². The van der Waals surface area contributed by atoms with Crippen LogP contribution in [0, 0.1) is 6.92 Å². The van der Waals surface area contributed by atoms with Crippen molar-refractivity contribution in [1.82, 2.24) is 0 Å². The van der Waals surface area contributed by atoms with E-state index in [0.717, 1.165) is 5.56 Å². The summed E-state index contributed by atoms with van der Waals surface area (Å²) in [5, 5.41) is 0.468. The van der Waals surface area contributed by atoms with Crippen molar-refractivity contribution in [2.24, 2.45) is 5.73 Å². The number of nitrogens with zero attached hydrogens (tertiary/aromatic N) is 1. The molecule has 0 radical (unpaired) electrons. The molecule has 2 rings (SSSR count). The third-order valence-electron chi connectivity index (χ3n) is 3.35. The van der Waals surface area contributed by atoms with Gasteiger partial charge in [-0.2, -0.15) is 0 Å². The molecule has 2 N–H and O–H groups in total. The molecule has 0 heterocycles. The maximum absolute atomic E-state index is 12.7. The number of benzene rings is 2. The van der Waals surface area contributed by atoms with Gasteiger partial charge in [0.15, 0.2) is 0 Å². The first-order valence-electron chi connectivity index (χ1n) is 6.41. The molecule has 0 unspecified atom stereocenters. The van der Waals surface area contributed by atoms with E-state index >= 15 is 0 Å². The van der Waals surface area contributed by atoms with E-state index in [2.05, 4.69) is 0 Å². The lowest BCUT2D eigenvalue weighted by Crippen LogP contribution is -2.27. The molecule has 6 heteroatoms. The van der Waals surface area contributed by atoms with Gasteiger partial charge in [-0.15, -0.1) is 0 Å². The molecular weight excluding hydrogens is 308 g/mol. The number of halogens is 1. The highest BCUT2D eigenvalue weighted by Gasteiger charge is 2.23. The van der Waals surface area contributed by atoms with Crippen LogP contribution in [0.25, 0.3) is 0 Å². The van der Waals surface area contributed by atoms with Crippen molar-refractivity contribution in [3.05, 3.63) is 58.6 Å². The Labute approximate surface area is 130 Å². The van der Waals surface area contributed by atoms with Gasteiger partial charge in [0.25, 0.3) is 10.0 Å². The number of para-hydroxylation sites is 1. The van der Waals surface area contributed by atoms with Crippen LogP contribution in [0.15, 0.2) is 47.4 Å². The molecule has 0 spiro atoms. The van der Waals surface area contributed by atoms with E-state index in [0.29, 0.717) is 16.3 Å². The molecule has 0 aliphatic heterocycles. The van der Waals surface area contributed by atoms with E-state index in [1.165, 1.54) is 23.5 Å². The minimum Gasteiger partial charge on any atom is -0.326 e. The van der Waals surface area contributed by atoms with Crippen LogP contribution >= 0.6 is 11.6 Å². The van der Waals surface area contributed by atoms with E-state index in [-0.39, 0.29) is 11.4 Å². The fourth-order valence-electron chi connectivity index (χ4n) is 2.07. The van der Waals surface area contributed by atoms with Crippen LogP contribution < -0.4 is 10.0 Å². The van der Waals surface area contributed by atoms with Gasteiger partial charge in [-0.1, -0.05) is 29.8 Å². The number of anilines is 1. The van der Waals surface area contributed by atoms with Crippen LogP contribution in [-0.4, -0.2) is 15.5 Å². The highest BCUT2D eigenvalue weighted by molar-refractivity contribution is 7.92. The van der Waals surface area contributed by atoms with E-state index in [4.69, 9.17) is 17.3 Å². The van der Waals surface area contributed by atoms with Crippen molar-refractivity contribution in [2.75, 3.05) is 11.4 Å². The highest BCUT2D eigenvalue weighted by atomic mass is 35.5. The summed E-state index contributed by atoms with van der Waals surface area (Å²) in [6.07, 6.45) is 0. The lowest BCUT2D eigenvalue weighted by Gasteiger charge is -2.21. The molecule has 0 saturated carbocycles. The van der Waals surface area contributed by atoms with Crippen molar-refractivity contribution >= 4 is 27.3 Å². The summed E-state index contributed by atoms with van der Waals surface area (Å²) in [6, 6.07) is 11.9. The molecule has 0 atom stereocenters. The maximum atomic E-state index is 12.7. The lowest BCUT2D eigenvalue weighted by molar-refractivity contribution is 0.594. The molecule has 21 heavy (non-hydrogen) atoms. The van der Waals surface area contributed by atoms with Gasteiger partial charge >= 0.3 is 0 Å². The molecule has 0 bridgehead atoms. The average Bonchev–Trinajstić information content (AvgIpc) is 2.47. The van der Waals surface area contributed by atoms with E-state index in [1.807, 2.05) is 25.1 Å². The summed E-state index contributed by atoms with van der Waals surface area (Å²) >= 11 is 5.98. The topological polar surface area (TPSA) is 63.4 Å². The van der Waals surface area contributed by atoms with Crippen LogP contribution in [0.3, 0.4) is 0 Å². The largest absolute Gasteiger partial charge is 0.326 e. The monoisotopic (exact) mass is 324 g/mol. The molecule has 112 valence electrons. The molecule has 4 nitrogen and oxygen atoms in total. The number of hydrogen-bond donors (Lipinski definition) is 1. The zero-order valence-corrected chi connectivity index (χ0v) is 13.4. The summed E-state index contributed by atoms with van der Waals surface area (Å²) in [5.41, 5.74) is 7.71. The van der Waals surface area contributed by atoms with Crippen molar-refractivity contribution in [2.45, 2.75) is 18.4 Å².